The van der Waals surface area contributed by atoms with Crippen molar-refractivity contribution >= 4 is 39.2 Å². The Morgan fingerprint density at radius 2 is 1.83 bits per heavy atom. The van der Waals surface area contributed by atoms with Gasteiger partial charge in [0.15, 0.2) is 5.01 Å². The summed E-state index contributed by atoms with van der Waals surface area (Å²) in [6.07, 6.45) is 1.49. The number of thiazole rings is 1. The number of para-hydroxylation sites is 1. The molecule has 1 aromatic carbocycles. The number of rotatable bonds is 9. The van der Waals surface area contributed by atoms with Crippen LogP contribution in [0.3, 0.4) is 0 Å². The molecule has 0 radical (unpaired) electrons. The zero-order valence-corrected chi connectivity index (χ0v) is 20.2. The molecule has 8 nitrogen and oxygen atoms in total. The molecular formula is C23H30F3N3O5S. The highest BCUT2D eigenvalue weighted by atomic mass is 32.1. The second-order valence-electron chi connectivity index (χ2n) is 8.22. The van der Waals surface area contributed by atoms with E-state index < -0.39 is 23.8 Å². The molecule has 4 N–H and O–H groups in total. The number of carbonyl (C=O) groups excluding carboxylic acids is 2. The van der Waals surface area contributed by atoms with Crippen LogP contribution in [0.25, 0.3) is 10.2 Å². The quantitative estimate of drug-likeness (QED) is 0.337. The van der Waals surface area contributed by atoms with E-state index in [0.29, 0.717) is 30.8 Å². The highest BCUT2D eigenvalue weighted by molar-refractivity contribution is 7.20. The standard InChI is InChI=1S/C21H29N3O3S.C2HF3O2/c1-27-21(12-6-2-7-13-21)20(26)24-16(10-5-8-14-22)18(25)19-23-15-9-3-4-11-17(15)28-19;3-2(4,5)1(6)7/h3-4,9,11,16H,2,5-8,10,12-14,22H2,1H3,(H,24,26);(H,6,7). The fraction of sp³-hybridized carbons (Fsp3) is 0.565. The van der Waals surface area contributed by atoms with E-state index >= 15 is 0 Å². The average molecular weight is 518 g/mol. The Morgan fingerprint density at radius 3 is 2.37 bits per heavy atom. The van der Waals surface area contributed by atoms with Crippen LogP contribution in [0.2, 0.25) is 0 Å². The first-order valence-electron chi connectivity index (χ1n) is 11.3. The minimum absolute atomic E-state index is 0.131. The zero-order valence-electron chi connectivity index (χ0n) is 19.4. The number of amides is 1. The van der Waals surface area contributed by atoms with Crippen LogP contribution in [0.4, 0.5) is 13.2 Å². The summed E-state index contributed by atoms with van der Waals surface area (Å²) in [5.74, 6) is -3.07. The predicted octanol–water partition coefficient (Wildman–Crippen LogP) is 4.08. The van der Waals surface area contributed by atoms with E-state index in [0.717, 1.165) is 42.3 Å². The summed E-state index contributed by atoms with van der Waals surface area (Å²) >= 11 is 1.37. The number of Topliss-reactive ketones (excluding diaryl/α,β-unsaturated/α-hetero) is 1. The summed E-state index contributed by atoms with van der Waals surface area (Å²) in [5.41, 5.74) is 5.60. The molecule has 0 bridgehead atoms. The second kappa shape index (κ2) is 12.9. The number of nitrogens with zero attached hydrogens (tertiary/aromatic N) is 1. The number of halogens is 3. The number of methoxy groups -OCH3 is 1. The molecular weight excluding hydrogens is 487 g/mol. The number of nitrogens with two attached hydrogens (primary N) is 1. The van der Waals surface area contributed by atoms with Crippen molar-refractivity contribution in [3.05, 3.63) is 29.3 Å². The Morgan fingerprint density at radius 1 is 1.20 bits per heavy atom. The number of unbranched alkanes of at least 4 members (excludes halogenated alkanes) is 1. The molecule has 1 saturated carbocycles. The molecule has 194 valence electrons. The number of carboxylic acids is 1. The lowest BCUT2D eigenvalue weighted by molar-refractivity contribution is -0.192. The van der Waals surface area contributed by atoms with Crippen molar-refractivity contribution in [2.45, 2.75) is 69.2 Å². The number of ether oxygens (including phenoxy) is 1. The van der Waals surface area contributed by atoms with Gasteiger partial charge in [0.2, 0.25) is 5.78 Å². The van der Waals surface area contributed by atoms with E-state index in [9.17, 15) is 22.8 Å². The van der Waals surface area contributed by atoms with Crippen LogP contribution in [0.1, 0.15) is 61.2 Å². The number of aliphatic carboxylic acids is 1. The normalized spacial score (nSPS) is 16.1. The molecule has 3 rings (SSSR count). The van der Waals surface area contributed by atoms with E-state index in [4.69, 9.17) is 20.4 Å². The van der Waals surface area contributed by atoms with Crippen LogP contribution >= 0.6 is 11.3 Å². The van der Waals surface area contributed by atoms with Crippen LogP contribution in [-0.4, -0.2) is 59.2 Å². The van der Waals surface area contributed by atoms with Gasteiger partial charge in [-0.05, 0) is 50.8 Å². The van der Waals surface area contributed by atoms with Gasteiger partial charge in [-0.15, -0.1) is 11.3 Å². The first-order chi connectivity index (χ1) is 16.5. The molecule has 1 fully saturated rings. The SMILES string of the molecule is COC1(C(=O)NC(CCCCN)C(=O)c2nc3ccccc3s2)CCCCC1.O=C(O)C(F)(F)F. The smallest absolute Gasteiger partial charge is 0.475 e. The number of ketones is 1. The Bertz CT molecular complexity index is 973. The van der Waals surface area contributed by atoms with Gasteiger partial charge in [0, 0.05) is 7.11 Å². The van der Waals surface area contributed by atoms with Crippen molar-refractivity contribution < 1.29 is 37.4 Å². The number of hydrogen-bond donors (Lipinski definition) is 3. The number of carboxylic acid groups (broad SMARTS) is 1. The molecule has 1 aliphatic rings. The lowest BCUT2D eigenvalue weighted by atomic mass is 9.83. The monoisotopic (exact) mass is 517 g/mol. The van der Waals surface area contributed by atoms with Crippen LogP contribution in [0.5, 0.6) is 0 Å². The van der Waals surface area contributed by atoms with Gasteiger partial charge in [-0.3, -0.25) is 9.59 Å². The molecule has 0 saturated heterocycles. The maximum atomic E-state index is 13.2. The summed E-state index contributed by atoms with van der Waals surface area (Å²) in [4.78, 5) is 39.6. The van der Waals surface area contributed by atoms with Crippen LogP contribution in [-0.2, 0) is 14.3 Å². The third kappa shape index (κ3) is 7.97. The highest BCUT2D eigenvalue weighted by Crippen LogP contribution is 2.32. The molecule has 1 aliphatic carbocycles. The maximum absolute atomic E-state index is 13.2. The number of carbonyl (C=O) groups is 3. The van der Waals surface area contributed by atoms with Crippen molar-refractivity contribution in [2.24, 2.45) is 5.73 Å². The number of benzene rings is 1. The molecule has 2 aromatic rings. The summed E-state index contributed by atoms with van der Waals surface area (Å²) in [5, 5.41) is 10.6. The summed E-state index contributed by atoms with van der Waals surface area (Å²) in [6, 6.07) is 7.08. The van der Waals surface area contributed by atoms with Crippen molar-refractivity contribution in [2.75, 3.05) is 13.7 Å². The van der Waals surface area contributed by atoms with E-state index in [-0.39, 0.29) is 11.7 Å². The summed E-state index contributed by atoms with van der Waals surface area (Å²) in [6.45, 7) is 0.567. The lowest BCUT2D eigenvalue weighted by Crippen LogP contribution is -2.54. The van der Waals surface area contributed by atoms with Gasteiger partial charge in [0.1, 0.15) is 5.60 Å². The first-order valence-corrected chi connectivity index (χ1v) is 12.1. The topological polar surface area (TPSA) is 132 Å². The Hall–Kier alpha value is -2.57. The van der Waals surface area contributed by atoms with E-state index in [1.54, 1.807) is 7.11 Å². The zero-order chi connectivity index (χ0) is 26.1. The maximum Gasteiger partial charge on any atom is 0.490 e. The highest BCUT2D eigenvalue weighted by Gasteiger charge is 2.41. The predicted molar refractivity (Wildman–Crippen MR) is 125 cm³/mol. The number of alkyl halides is 3. The first kappa shape index (κ1) is 28.7. The van der Waals surface area contributed by atoms with E-state index in [1.807, 2.05) is 24.3 Å². The van der Waals surface area contributed by atoms with Gasteiger partial charge >= 0.3 is 12.1 Å². The largest absolute Gasteiger partial charge is 0.490 e. The van der Waals surface area contributed by atoms with Gasteiger partial charge < -0.3 is 20.9 Å². The Kier molecular flexibility index (Phi) is 10.6. The molecule has 0 aliphatic heterocycles. The van der Waals surface area contributed by atoms with Gasteiger partial charge in [0.25, 0.3) is 5.91 Å². The average Bonchev–Trinajstić information content (AvgIpc) is 3.27. The minimum Gasteiger partial charge on any atom is -0.475 e. The molecule has 1 heterocycles. The number of aromatic nitrogens is 1. The lowest BCUT2D eigenvalue weighted by Gasteiger charge is -2.35. The number of nitrogens with one attached hydrogen (secondary N) is 1. The third-order valence-corrected chi connectivity index (χ3v) is 6.83. The minimum atomic E-state index is -5.08. The van der Waals surface area contributed by atoms with Crippen LogP contribution < -0.4 is 11.1 Å². The van der Waals surface area contributed by atoms with Crippen molar-refractivity contribution in [3.63, 3.8) is 0 Å². The molecule has 1 unspecified atom stereocenters. The molecule has 1 aromatic heterocycles. The van der Waals surface area contributed by atoms with Gasteiger partial charge in [-0.1, -0.05) is 31.4 Å². The van der Waals surface area contributed by atoms with Crippen molar-refractivity contribution in [3.8, 4) is 0 Å². The van der Waals surface area contributed by atoms with Crippen LogP contribution in [0, 0.1) is 0 Å². The third-order valence-electron chi connectivity index (χ3n) is 5.78. The molecule has 1 atom stereocenters. The Labute approximate surface area is 205 Å². The second-order valence-corrected chi connectivity index (χ2v) is 9.25. The number of fused-ring (bicyclic) bond motifs is 1. The molecule has 12 heteroatoms. The number of hydrogen-bond acceptors (Lipinski definition) is 7. The van der Waals surface area contributed by atoms with Crippen LogP contribution in [0.15, 0.2) is 24.3 Å². The van der Waals surface area contributed by atoms with Crippen molar-refractivity contribution in [1.82, 2.24) is 10.3 Å². The van der Waals surface area contributed by atoms with E-state index in [2.05, 4.69) is 10.3 Å². The summed E-state index contributed by atoms with van der Waals surface area (Å²) in [7, 11) is 1.59. The fourth-order valence-corrected chi connectivity index (χ4v) is 4.78. The van der Waals surface area contributed by atoms with Crippen molar-refractivity contribution in [1.29, 1.82) is 0 Å². The Balaban J connectivity index is 0.000000540. The van der Waals surface area contributed by atoms with Gasteiger partial charge in [-0.2, -0.15) is 13.2 Å². The molecule has 0 spiro atoms. The molecule has 35 heavy (non-hydrogen) atoms. The molecule has 1 amide bonds. The summed E-state index contributed by atoms with van der Waals surface area (Å²) < 4.78 is 38.4. The fourth-order valence-electron chi connectivity index (χ4n) is 3.82. The van der Waals surface area contributed by atoms with E-state index in [1.165, 1.54) is 11.3 Å². The van der Waals surface area contributed by atoms with Gasteiger partial charge in [0.05, 0.1) is 16.3 Å². The van der Waals surface area contributed by atoms with Gasteiger partial charge in [-0.25, -0.2) is 9.78 Å².